The molecule has 4 aliphatic rings. The van der Waals surface area contributed by atoms with Gasteiger partial charge in [-0.15, -0.1) is 0 Å². The summed E-state index contributed by atoms with van der Waals surface area (Å²) in [6, 6.07) is 6.61. The lowest BCUT2D eigenvalue weighted by Gasteiger charge is -2.40. The van der Waals surface area contributed by atoms with Gasteiger partial charge < -0.3 is 23.9 Å². The molecule has 5 atom stereocenters. The quantitative estimate of drug-likeness (QED) is 0.368. The standard InChI is InChI=1S/C36H49N5O6S/c1-21-18-40(19-22(2)47-21)36(43)24-11-12-26-27(15-24)29-17-37-33(35(42)38-48(44,45)39(3)4)30(29)20-41-31(26)16-28-32(46-5)14-13-25(34(28)41)23-9-7-6-8-10-23/h13-14,16-17,21-24,26-27,37H,6-12,15,18-20H2,1-5H3,(H,38,42)/t21-,22+,24-,26+,27?/m0/s1. The molecule has 2 amide bonds. The molecule has 0 spiro atoms. The molecule has 260 valence electrons. The van der Waals surface area contributed by atoms with Crippen LogP contribution in [0.4, 0.5) is 0 Å². The number of H-pyrrole nitrogens is 1. The predicted molar refractivity (Wildman–Crippen MR) is 184 cm³/mol. The van der Waals surface area contributed by atoms with Gasteiger partial charge in [0.25, 0.3) is 5.91 Å². The van der Waals surface area contributed by atoms with Gasteiger partial charge in [-0.05, 0) is 81.0 Å². The van der Waals surface area contributed by atoms with Crippen molar-refractivity contribution in [3.63, 3.8) is 0 Å². The second kappa shape index (κ2) is 12.8. The van der Waals surface area contributed by atoms with E-state index in [0.717, 1.165) is 57.8 Å². The van der Waals surface area contributed by atoms with E-state index in [0.29, 0.717) is 32.0 Å². The minimum Gasteiger partial charge on any atom is -0.496 e. The number of fused-ring (bicyclic) bond motifs is 7. The van der Waals surface area contributed by atoms with Gasteiger partial charge in [0.1, 0.15) is 11.4 Å². The lowest BCUT2D eigenvalue weighted by Crippen LogP contribution is -2.50. The molecular weight excluding hydrogens is 630 g/mol. The molecule has 1 aromatic carbocycles. The summed E-state index contributed by atoms with van der Waals surface area (Å²) in [5, 5.41) is 1.07. The van der Waals surface area contributed by atoms with E-state index < -0.39 is 16.1 Å². The number of nitrogens with one attached hydrogen (secondary N) is 2. The van der Waals surface area contributed by atoms with Gasteiger partial charge in [-0.1, -0.05) is 25.3 Å². The highest BCUT2D eigenvalue weighted by atomic mass is 32.2. The normalized spacial score (nSPS) is 26.5. The number of methoxy groups -OCH3 is 1. The van der Waals surface area contributed by atoms with Crippen molar-refractivity contribution in [2.75, 3.05) is 34.3 Å². The summed E-state index contributed by atoms with van der Waals surface area (Å²) in [5.41, 5.74) is 5.67. The summed E-state index contributed by atoms with van der Waals surface area (Å²) in [5.74, 6) is 0.685. The minimum absolute atomic E-state index is 0.00763. The molecule has 2 aliphatic carbocycles. The second-order valence-electron chi connectivity index (χ2n) is 14.6. The number of hydrogen-bond donors (Lipinski definition) is 2. The number of morpholine rings is 1. The summed E-state index contributed by atoms with van der Waals surface area (Å²) in [4.78, 5) is 32.9. The zero-order valence-electron chi connectivity index (χ0n) is 28.8. The van der Waals surface area contributed by atoms with Crippen LogP contribution in [0.2, 0.25) is 0 Å². The Balaban J connectivity index is 1.35. The first-order valence-electron chi connectivity index (χ1n) is 17.6. The summed E-state index contributed by atoms with van der Waals surface area (Å²) in [6.45, 7) is 5.63. The van der Waals surface area contributed by atoms with Crippen molar-refractivity contribution in [2.24, 2.45) is 5.92 Å². The predicted octanol–water partition coefficient (Wildman–Crippen LogP) is 5.23. The molecule has 0 bridgehead atoms. The highest BCUT2D eigenvalue weighted by Crippen LogP contribution is 2.52. The number of rotatable bonds is 6. The monoisotopic (exact) mass is 679 g/mol. The van der Waals surface area contributed by atoms with E-state index in [1.165, 1.54) is 44.6 Å². The van der Waals surface area contributed by atoms with Crippen LogP contribution in [0, 0.1) is 5.92 Å². The SMILES string of the molecule is COc1ccc(C2CCCCC2)c2c1cc1n2Cc2c(c[nH]c2C(=O)NS(=O)(=O)N(C)C)C2C[C@@H](C(=O)N3C[C@@H](C)O[C@@H](C)C3)CC[C@@H]12. The van der Waals surface area contributed by atoms with Crippen molar-refractivity contribution < 1.29 is 27.5 Å². The molecule has 11 nitrogen and oxygen atoms in total. The van der Waals surface area contributed by atoms with Crippen molar-refractivity contribution in [3.8, 4) is 5.75 Å². The summed E-state index contributed by atoms with van der Waals surface area (Å²) in [7, 11) is 0.486. The molecule has 12 heteroatoms. The third kappa shape index (κ3) is 5.83. The fourth-order valence-electron chi connectivity index (χ4n) is 9.10. The average Bonchev–Trinajstić information content (AvgIpc) is 3.62. The molecule has 7 rings (SSSR count). The number of carbonyl (C=O) groups excluding carboxylic acids is 2. The van der Waals surface area contributed by atoms with Crippen molar-refractivity contribution in [1.29, 1.82) is 0 Å². The zero-order valence-corrected chi connectivity index (χ0v) is 29.6. The second-order valence-corrected chi connectivity index (χ2v) is 16.5. The van der Waals surface area contributed by atoms with Crippen LogP contribution in [0.3, 0.4) is 0 Å². The van der Waals surface area contributed by atoms with Gasteiger partial charge in [-0.25, -0.2) is 4.72 Å². The highest BCUT2D eigenvalue weighted by Gasteiger charge is 2.43. The Bertz CT molecular complexity index is 1810. The number of ether oxygens (including phenoxy) is 2. The van der Waals surface area contributed by atoms with Gasteiger partial charge in [-0.3, -0.25) is 9.59 Å². The van der Waals surface area contributed by atoms with E-state index >= 15 is 0 Å². The van der Waals surface area contributed by atoms with Gasteiger partial charge in [0.2, 0.25) is 5.91 Å². The maximum Gasteiger partial charge on any atom is 0.303 e. The first-order valence-corrected chi connectivity index (χ1v) is 19.0. The molecule has 2 saturated carbocycles. The number of carbonyl (C=O) groups is 2. The molecule has 48 heavy (non-hydrogen) atoms. The molecule has 1 saturated heterocycles. The van der Waals surface area contributed by atoms with E-state index in [-0.39, 0.29) is 41.6 Å². The number of benzene rings is 1. The molecule has 2 aliphatic heterocycles. The third-order valence-corrected chi connectivity index (χ3v) is 12.7. The molecular formula is C36H49N5O6S. The van der Waals surface area contributed by atoms with E-state index in [1.54, 1.807) is 7.11 Å². The van der Waals surface area contributed by atoms with Crippen molar-refractivity contribution in [3.05, 3.63) is 52.5 Å². The Morgan fingerprint density at radius 1 is 1.00 bits per heavy atom. The van der Waals surface area contributed by atoms with Gasteiger partial charge in [0.15, 0.2) is 0 Å². The van der Waals surface area contributed by atoms with E-state index in [9.17, 15) is 18.0 Å². The highest BCUT2D eigenvalue weighted by molar-refractivity contribution is 7.87. The topological polar surface area (TPSA) is 126 Å². The number of aromatic amines is 1. The Hall–Kier alpha value is -3.35. The average molecular weight is 680 g/mol. The Kier molecular flexibility index (Phi) is 8.87. The van der Waals surface area contributed by atoms with E-state index in [4.69, 9.17) is 9.47 Å². The summed E-state index contributed by atoms with van der Waals surface area (Å²) in [6.07, 6.45) is 10.1. The molecule has 0 radical (unpaired) electrons. The van der Waals surface area contributed by atoms with Gasteiger partial charge in [0, 0.05) is 61.9 Å². The molecule has 4 heterocycles. The number of hydrogen-bond acceptors (Lipinski definition) is 6. The number of aromatic nitrogens is 2. The van der Waals surface area contributed by atoms with Gasteiger partial charge >= 0.3 is 10.2 Å². The Morgan fingerprint density at radius 2 is 1.73 bits per heavy atom. The van der Waals surface area contributed by atoms with Crippen LogP contribution in [0.1, 0.15) is 116 Å². The molecule has 1 unspecified atom stereocenters. The van der Waals surface area contributed by atoms with Crippen LogP contribution in [0.15, 0.2) is 24.4 Å². The summed E-state index contributed by atoms with van der Waals surface area (Å²) >= 11 is 0. The fraction of sp³-hybridized carbons (Fsp3) is 0.611. The largest absolute Gasteiger partial charge is 0.496 e. The van der Waals surface area contributed by atoms with Gasteiger partial charge in [0.05, 0.1) is 31.4 Å². The van der Waals surface area contributed by atoms with Crippen molar-refractivity contribution in [1.82, 2.24) is 23.5 Å². The third-order valence-electron chi connectivity index (χ3n) is 11.3. The lowest BCUT2D eigenvalue weighted by atomic mass is 9.69. The maximum atomic E-state index is 14.0. The molecule has 3 fully saturated rings. The number of nitrogens with zero attached hydrogens (tertiary/aromatic N) is 3. The summed E-state index contributed by atoms with van der Waals surface area (Å²) < 4.78 is 43.0. The van der Waals surface area contributed by atoms with Crippen molar-refractivity contribution in [2.45, 2.75) is 102 Å². The van der Waals surface area contributed by atoms with E-state index in [2.05, 4.69) is 32.5 Å². The minimum atomic E-state index is -4.01. The first kappa shape index (κ1) is 33.2. The number of amides is 2. The van der Waals surface area contributed by atoms with Crippen molar-refractivity contribution >= 4 is 32.9 Å². The molecule has 3 aromatic rings. The molecule has 2 aromatic heterocycles. The smallest absolute Gasteiger partial charge is 0.303 e. The van der Waals surface area contributed by atoms with Crippen LogP contribution in [0.5, 0.6) is 5.75 Å². The van der Waals surface area contributed by atoms with Crippen LogP contribution in [0.25, 0.3) is 10.9 Å². The van der Waals surface area contributed by atoms with Gasteiger partial charge in [-0.2, -0.15) is 12.7 Å². The maximum absolute atomic E-state index is 14.0. The molecule has 2 N–H and O–H groups in total. The van der Waals surface area contributed by atoms with Crippen LogP contribution < -0.4 is 9.46 Å². The fourth-order valence-corrected chi connectivity index (χ4v) is 9.62. The Morgan fingerprint density at radius 3 is 2.42 bits per heavy atom. The lowest BCUT2D eigenvalue weighted by molar-refractivity contribution is -0.148. The Labute approximate surface area is 283 Å². The van der Waals surface area contributed by atoms with Crippen LogP contribution in [-0.4, -0.2) is 85.5 Å². The van der Waals surface area contributed by atoms with E-state index in [1.807, 2.05) is 24.9 Å². The van der Waals surface area contributed by atoms with Crippen LogP contribution in [-0.2, 0) is 26.3 Å². The zero-order chi connectivity index (χ0) is 33.9. The van der Waals surface area contributed by atoms with Crippen LogP contribution >= 0.6 is 0 Å². The first-order chi connectivity index (χ1) is 23.0.